The van der Waals surface area contributed by atoms with E-state index >= 15 is 0 Å². The molecule has 1 aliphatic heterocycles. The first kappa shape index (κ1) is 15.3. The fraction of sp³-hybridized carbons (Fsp3) is 0.364. The van der Waals surface area contributed by atoms with Gasteiger partial charge in [-0.3, -0.25) is 14.9 Å². The number of amides is 1. The molecule has 114 valence electrons. The third kappa shape index (κ3) is 3.51. The van der Waals surface area contributed by atoms with E-state index in [4.69, 9.17) is 0 Å². The van der Waals surface area contributed by atoms with Gasteiger partial charge in [-0.1, -0.05) is 0 Å². The lowest BCUT2D eigenvalue weighted by Gasteiger charge is -2.16. The average Bonchev–Trinajstić information content (AvgIpc) is 2.67. The summed E-state index contributed by atoms with van der Waals surface area (Å²) in [6.45, 7) is -0.172. The van der Waals surface area contributed by atoms with Crippen LogP contribution in [0, 0.1) is 21.8 Å². The van der Waals surface area contributed by atoms with Crippen molar-refractivity contribution in [3.63, 3.8) is 0 Å². The second-order valence-corrected chi connectivity index (χ2v) is 6.08. The van der Waals surface area contributed by atoms with Gasteiger partial charge in [-0.15, -0.1) is 3.89 Å². The molecule has 0 aliphatic carbocycles. The first-order valence-electron chi connectivity index (χ1n) is 5.84. The second-order valence-electron chi connectivity index (χ2n) is 4.67. The van der Waals surface area contributed by atoms with E-state index < -0.39 is 44.2 Å². The highest BCUT2D eigenvalue weighted by Crippen LogP contribution is 2.33. The minimum Gasteiger partial charge on any atom is -0.306 e. The van der Waals surface area contributed by atoms with E-state index in [-0.39, 0.29) is 18.7 Å². The minimum atomic E-state index is -4.74. The zero-order valence-corrected chi connectivity index (χ0v) is 11.3. The van der Waals surface area contributed by atoms with Crippen LogP contribution in [0.1, 0.15) is 6.42 Å². The fourth-order valence-electron chi connectivity index (χ4n) is 2.28. The van der Waals surface area contributed by atoms with Crippen LogP contribution in [0.2, 0.25) is 0 Å². The zero-order chi connectivity index (χ0) is 15.8. The molecule has 10 heteroatoms. The van der Waals surface area contributed by atoms with Crippen LogP contribution in [0.5, 0.6) is 0 Å². The van der Waals surface area contributed by atoms with Crippen molar-refractivity contribution in [2.45, 2.75) is 6.42 Å². The Balaban J connectivity index is 2.31. The van der Waals surface area contributed by atoms with Crippen molar-refractivity contribution in [2.75, 3.05) is 17.2 Å². The number of halogens is 2. The molecule has 1 aromatic rings. The Bertz CT molecular complexity index is 707. The van der Waals surface area contributed by atoms with Gasteiger partial charge in [0.2, 0.25) is 5.91 Å². The van der Waals surface area contributed by atoms with Gasteiger partial charge in [0.15, 0.2) is 0 Å². The molecule has 0 bridgehead atoms. The third-order valence-corrected chi connectivity index (χ3v) is 3.93. The summed E-state index contributed by atoms with van der Waals surface area (Å²) in [5, 5.41) is 10.9. The van der Waals surface area contributed by atoms with E-state index in [1.165, 1.54) is 0 Å². The summed E-state index contributed by atoms with van der Waals surface area (Å²) in [5.41, 5.74) is -0.739. The molecule has 0 aromatic heterocycles. The highest BCUT2D eigenvalue weighted by Gasteiger charge is 2.36. The van der Waals surface area contributed by atoms with Crippen LogP contribution in [0.25, 0.3) is 0 Å². The first-order chi connectivity index (χ1) is 9.67. The molecule has 1 saturated heterocycles. The van der Waals surface area contributed by atoms with Gasteiger partial charge in [-0.2, -0.15) is 8.42 Å². The number of hydrogen-bond acceptors (Lipinski definition) is 5. The summed E-state index contributed by atoms with van der Waals surface area (Å²) >= 11 is 0. The van der Waals surface area contributed by atoms with E-state index in [0.29, 0.717) is 6.07 Å². The molecule has 1 amide bonds. The number of hydrogen-bond donors (Lipinski definition) is 0. The van der Waals surface area contributed by atoms with Crippen molar-refractivity contribution in [1.29, 1.82) is 0 Å². The van der Waals surface area contributed by atoms with Gasteiger partial charge >= 0.3 is 10.2 Å². The molecular weight excluding hydrogens is 310 g/mol. The van der Waals surface area contributed by atoms with Crippen molar-refractivity contribution in [1.82, 2.24) is 0 Å². The maximum absolute atomic E-state index is 13.1. The predicted octanol–water partition coefficient (Wildman–Crippen LogP) is 1.39. The topological polar surface area (TPSA) is 97.6 Å². The Labute approximate surface area is 118 Å². The number of rotatable bonds is 4. The number of nitrogens with zero attached hydrogens (tertiary/aromatic N) is 2. The SMILES string of the molecule is O=C1CC(CS(=O)(=O)F)CN1c1ccc(F)cc1[N+](=O)[O-]. The number of carbonyl (C=O) groups is 1. The third-order valence-electron chi connectivity index (χ3n) is 3.06. The number of nitro benzene ring substituents is 1. The van der Waals surface area contributed by atoms with Crippen LogP contribution >= 0.6 is 0 Å². The van der Waals surface area contributed by atoms with Crippen molar-refractivity contribution >= 4 is 27.5 Å². The Morgan fingerprint density at radius 3 is 2.67 bits per heavy atom. The monoisotopic (exact) mass is 320 g/mol. The molecule has 0 spiro atoms. The summed E-state index contributed by atoms with van der Waals surface area (Å²) in [5.74, 6) is -3.03. The predicted molar refractivity (Wildman–Crippen MR) is 68.4 cm³/mol. The Kier molecular flexibility index (Phi) is 3.90. The van der Waals surface area contributed by atoms with E-state index in [1.807, 2.05) is 0 Å². The molecule has 1 aromatic carbocycles. The molecule has 1 unspecified atom stereocenters. The van der Waals surface area contributed by atoms with Gasteiger partial charge in [0, 0.05) is 18.9 Å². The highest BCUT2D eigenvalue weighted by molar-refractivity contribution is 7.86. The van der Waals surface area contributed by atoms with Gasteiger partial charge in [-0.25, -0.2) is 4.39 Å². The lowest BCUT2D eigenvalue weighted by molar-refractivity contribution is -0.384. The molecule has 2 rings (SSSR count). The molecule has 0 N–H and O–H groups in total. The quantitative estimate of drug-likeness (QED) is 0.474. The summed E-state index contributed by atoms with van der Waals surface area (Å²) in [6.07, 6.45) is -0.238. The van der Waals surface area contributed by atoms with Gasteiger partial charge in [0.25, 0.3) is 5.69 Å². The number of carbonyl (C=O) groups excluding carboxylic acids is 1. The van der Waals surface area contributed by atoms with Gasteiger partial charge < -0.3 is 4.90 Å². The van der Waals surface area contributed by atoms with Crippen LogP contribution in [0.4, 0.5) is 19.7 Å². The maximum atomic E-state index is 13.1. The van der Waals surface area contributed by atoms with Gasteiger partial charge in [0.1, 0.15) is 11.5 Å². The normalized spacial score (nSPS) is 19.0. The molecule has 1 fully saturated rings. The average molecular weight is 320 g/mol. The van der Waals surface area contributed by atoms with E-state index in [1.54, 1.807) is 0 Å². The van der Waals surface area contributed by atoms with E-state index in [9.17, 15) is 31.6 Å². The zero-order valence-electron chi connectivity index (χ0n) is 10.5. The maximum Gasteiger partial charge on any atom is 0.302 e. The molecule has 0 saturated carbocycles. The van der Waals surface area contributed by atoms with E-state index in [0.717, 1.165) is 17.0 Å². The van der Waals surface area contributed by atoms with Crippen LogP contribution in [0.3, 0.4) is 0 Å². The summed E-state index contributed by atoms with van der Waals surface area (Å²) in [7, 11) is -4.74. The number of nitro groups is 1. The molecular formula is C11H10F2N2O5S. The second kappa shape index (κ2) is 5.35. The Morgan fingerprint density at radius 1 is 1.43 bits per heavy atom. The number of benzene rings is 1. The first-order valence-corrected chi connectivity index (χ1v) is 7.39. The largest absolute Gasteiger partial charge is 0.306 e. The summed E-state index contributed by atoms with van der Waals surface area (Å²) in [4.78, 5) is 22.9. The van der Waals surface area contributed by atoms with Crippen molar-refractivity contribution in [2.24, 2.45) is 5.92 Å². The molecule has 1 heterocycles. The Hall–Kier alpha value is -2.10. The smallest absolute Gasteiger partial charge is 0.302 e. The van der Waals surface area contributed by atoms with Crippen LogP contribution in [0.15, 0.2) is 18.2 Å². The van der Waals surface area contributed by atoms with Gasteiger partial charge in [-0.05, 0) is 12.1 Å². The molecule has 1 atom stereocenters. The summed E-state index contributed by atoms with van der Waals surface area (Å²) < 4.78 is 46.9. The molecule has 0 radical (unpaired) electrons. The minimum absolute atomic E-state index is 0.134. The molecule has 1 aliphatic rings. The molecule has 7 nitrogen and oxygen atoms in total. The number of anilines is 1. The van der Waals surface area contributed by atoms with Crippen molar-refractivity contribution < 1.29 is 26.4 Å². The van der Waals surface area contributed by atoms with Crippen molar-refractivity contribution in [3.8, 4) is 0 Å². The highest BCUT2D eigenvalue weighted by atomic mass is 32.3. The lowest BCUT2D eigenvalue weighted by atomic mass is 10.1. The standard InChI is InChI=1S/C11H10F2N2O5S/c12-8-1-2-9(10(4-8)15(17)18)14-5-7(3-11(14)16)6-21(13,19)20/h1-2,4,7H,3,5-6H2. The molecule has 21 heavy (non-hydrogen) atoms. The van der Waals surface area contributed by atoms with Crippen LogP contribution < -0.4 is 4.90 Å². The van der Waals surface area contributed by atoms with Crippen LogP contribution in [-0.4, -0.2) is 31.5 Å². The summed E-state index contributed by atoms with van der Waals surface area (Å²) in [6, 6.07) is 2.69. The van der Waals surface area contributed by atoms with E-state index in [2.05, 4.69) is 0 Å². The van der Waals surface area contributed by atoms with Crippen LogP contribution in [-0.2, 0) is 15.0 Å². The fourth-order valence-corrected chi connectivity index (χ4v) is 3.06. The van der Waals surface area contributed by atoms with Crippen molar-refractivity contribution in [3.05, 3.63) is 34.1 Å². The lowest BCUT2D eigenvalue weighted by Crippen LogP contribution is -2.26. The van der Waals surface area contributed by atoms with Gasteiger partial charge in [0.05, 0.1) is 16.7 Å². The Morgan fingerprint density at radius 2 is 2.10 bits per heavy atom.